The molecule has 4 rings (SSSR count). The molecule has 0 radical (unpaired) electrons. The van der Waals surface area contributed by atoms with Crippen molar-refractivity contribution in [1.82, 2.24) is 9.88 Å². The van der Waals surface area contributed by atoms with Crippen LogP contribution in [0.4, 0.5) is 28.8 Å². The summed E-state index contributed by atoms with van der Waals surface area (Å²) < 4.78 is 46.6. The van der Waals surface area contributed by atoms with Crippen LogP contribution in [0, 0.1) is 0 Å². The first-order valence-corrected chi connectivity index (χ1v) is 11.8. The van der Waals surface area contributed by atoms with Gasteiger partial charge in [0, 0.05) is 17.8 Å². The highest BCUT2D eigenvalue weighted by Crippen LogP contribution is 2.38. The van der Waals surface area contributed by atoms with E-state index in [2.05, 4.69) is 10.3 Å². The van der Waals surface area contributed by atoms with E-state index in [1.54, 1.807) is 39.0 Å². The summed E-state index contributed by atoms with van der Waals surface area (Å²) in [6, 6.07) is 7.56. The Bertz CT molecular complexity index is 1280. The summed E-state index contributed by atoms with van der Waals surface area (Å²) >= 11 is 1.30. The largest absolute Gasteiger partial charge is 0.444 e. The van der Waals surface area contributed by atoms with Crippen LogP contribution in [-0.4, -0.2) is 40.1 Å². The second kappa shape index (κ2) is 9.03. The number of alkyl halides is 3. The van der Waals surface area contributed by atoms with Crippen molar-refractivity contribution >= 4 is 44.4 Å². The third kappa shape index (κ3) is 5.50. The molecule has 7 nitrogen and oxygen atoms in total. The molecule has 0 aliphatic carbocycles. The van der Waals surface area contributed by atoms with Crippen LogP contribution in [0.15, 0.2) is 36.4 Å². The molecule has 2 amide bonds. The lowest BCUT2D eigenvalue weighted by atomic mass is 10.0. The topological polar surface area (TPSA) is 97.5 Å². The standard InChI is InChI=1S/C24H25F3N4O3S/c1-23(2,3)34-22(33)31-10-4-5-18(31)20(32)29-16-12-14(24(25,26)27)7-8-15(16)13-6-9-19-17(11-13)30-21(28)35-19/h6-9,11-12,18H,4-5,10H2,1-3H3,(H2,28,30)(H,29,32)/t18-/m0/s1. The summed E-state index contributed by atoms with van der Waals surface area (Å²) in [5, 5.41) is 3.01. The van der Waals surface area contributed by atoms with E-state index in [-0.39, 0.29) is 5.69 Å². The van der Waals surface area contributed by atoms with E-state index in [0.717, 1.165) is 16.8 Å². The highest BCUT2D eigenvalue weighted by Gasteiger charge is 2.37. The zero-order valence-corrected chi connectivity index (χ0v) is 20.2. The Morgan fingerprint density at radius 2 is 1.91 bits per heavy atom. The molecule has 1 saturated heterocycles. The summed E-state index contributed by atoms with van der Waals surface area (Å²) in [4.78, 5) is 31.3. The van der Waals surface area contributed by atoms with Crippen LogP contribution in [0.1, 0.15) is 39.2 Å². The smallest absolute Gasteiger partial charge is 0.416 e. The van der Waals surface area contributed by atoms with Crippen LogP contribution >= 0.6 is 11.3 Å². The predicted molar refractivity (Wildman–Crippen MR) is 129 cm³/mol. The second-order valence-corrected chi connectivity index (χ2v) is 10.4. The van der Waals surface area contributed by atoms with Crippen molar-refractivity contribution in [3.8, 4) is 11.1 Å². The Labute approximate surface area is 204 Å². The Hall–Kier alpha value is -3.34. The number of amides is 2. The Balaban J connectivity index is 1.67. The maximum Gasteiger partial charge on any atom is 0.416 e. The number of thiazole rings is 1. The van der Waals surface area contributed by atoms with Gasteiger partial charge in [0.2, 0.25) is 5.91 Å². The van der Waals surface area contributed by atoms with Crippen LogP contribution in [-0.2, 0) is 15.7 Å². The van der Waals surface area contributed by atoms with Crippen molar-refractivity contribution in [2.75, 3.05) is 17.6 Å². The van der Waals surface area contributed by atoms with E-state index in [9.17, 15) is 22.8 Å². The van der Waals surface area contributed by atoms with Gasteiger partial charge >= 0.3 is 12.3 Å². The van der Waals surface area contributed by atoms with Gasteiger partial charge in [-0.3, -0.25) is 9.69 Å². The maximum absolute atomic E-state index is 13.5. The first-order valence-electron chi connectivity index (χ1n) is 11.0. The quantitative estimate of drug-likeness (QED) is 0.461. The molecule has 3 aromatic rings. The van der Waals surface area contributed by atoms with Gasteiger partial charge in [-0.2, -0.15) is 13.2 Å². The molecular weight excluding hydrogens is 481 g/mol. The van der Waals surface area contributed by atoms with Crippen molar-refractivity contribution in [3.05, 3.63) is 42.0 Å². The first kappa shape index (κ1) is 24.8. The number of aromatic nitrogens is 1. The molecule has 0 bridgehead atoms. The Morgan fingerprint density at radius 3 is 2.60 bits per heavy atom. The van der Waals surface area contributed by atoms with Gasteiger partial charge in [-0.1, -0.05) is 23.5 Å². The summed E-state index contributed by atoms with van der Waals surface area (Å²) in [7, 11) is 0. The van der Waals surface area contributed by atoms with E-state index in [1.165, 1.54) is 22.3 Å². The lowest BCUT2D eigenvalue weighted by Gasteiger charge is -2.28. The number of ether oxygens (including phenoxy) is 1. The average molecular weight is 507 g/mol. The number of anilines is 2. The highest BCUT2D eigenvalue weighted by atomic mass is 32.1. The molecule has 1 aliphatic heterocycles. The van der Waals surface area contributed by atoms with E-state index in [4.69, 9.17) is 10.5 Å². The molecule has 35 heavy (non-hydrogen) atoms. The summed E-state index contributed by atoms with van der Waals surface area (Å²) in [6.45, 7) is 5.48. The first-order chi connectivity index (χ1) is 16.3. The predicted octanol–water partition coefficient (Wildman–Crippen LogP) is 5.90. The van der Waals surface area contributed by atoms with Crippen molar-refractivity contribution in [2.24, 2.45) is 0 Å². The molecule has 1 atom stereocenters. The van der Waals surface area contributed by atoms with Gasteiger partial charge in [0.1, 0.15) is 11.6 Å². The molecule has 186 valence electrons. The molecule has 0 spiro atoms. The van der Waals surface area contributed by atoms with Crippen molar-refractivity contribution in [2.45, 2.75) is 51.4 Å². The number of halogens is 3. The zero-order chi connectivity index (χ0) is 25.5. The van der Waals surface area contributed by atoms with Gasteiger partial charge in [-0.15, -0.1) is 0 Å². The Kier molecular flexibility index (Phi) is 6.39. The van der Waals surface area contributed by atoms with Crippen LogP contribution in [0.2, 0.25) is 0 Å². The molecule has 1 aromatic heterocycles. The zero-order valence-electron chi connectivity index (χ0n) is 19.4. The minimum Gasteiger partial charge on any atom is -0.444 e. The fraction of sp³-hybridized carbons (Fsp3) is 0.375. The molecule has 1 fully saturated rings. The Morgan fingerprint density at radius 1 is 1.17 bits per heavy atom. The number of fused-ring (bicyclic) bond motifs is 1. The number of benzene rings is 2. The van der Waals surface area contributed by atoms with Crippen LogP contribution < -0.4 is 11.1 Å². The minimum absolute atomic E-state index is 0.0107. The lowest BCUT2D eigenvalue weighted by Crippen LogP contribution is -2.45. The van der Waals surface area contributed by atoms with Crippen LogP contribution in [0.5, 0.6) is 0 Å². The SMILES string of the molecule is CC(C)(C)OC(=O)N1CCC[C@H]1C(=O)Nc1cc(C(F)(F)F)ccc1-c1ccc2sc(N)nc2c1. The van der Waals surface area contributed by atoms with Gasteiger partial charge in [0.15, 0.2) is 5.13 Å². The number of likely N-dealkylation sites (tertiary alicyclic amines) is 1. The fourth-order valence-electron chi connectivity index (χ4n) is 3.98. The second-order valence-electron chi connectivity index (χ2n) is 9.31. The molecule has 2 aromatic carbocycles. The number of carbonyl (C=O) groups excluding carboxylic acids is 2. The summed E-state index contributed by atoms with van der Waals surface area (Å²) in [5.41, 5.74) is 5.69. The minimum atomic E-state index is -4.60. The molecule has 1 aliphatic rings. The number of nitrogens with two attached hydrogens (primary N) is 1. The fourth-order valence-corrected chi connectivity index (χ4v) is 4.70. The third-order valence-corrected chi connectivity index (χ3v) is 6.37. The number of nitrogens with one attached hydrogen (secondary N) is 1. The monoisotopic (exact) mass is 506 g/mol. The van der Waals surface area contributed by atoms with Gasteiger partial charge in [-0.05, 0) is 63.4 Å². The van der Waals surface area contributed by atoms with Crippen molar-refractivity contribution in [1.29, 1.82) is 0 Å². The average Bonchev–Trinajstić information content (AvgIpc) is 3.37. The van der Waals surface area contributed by atoms with Gasteiger partial charge in [-0.25, -0.2) is 9.78 Å². The molecule has 2 heterocycles. The highest BCUT2D eigenvalue weighted by molar-refractivity contribution is 7.22. The van der Waals surface area contributed by atoms with Gasteiger partial charge in [0.05, 0.1) is 15.8 Å². The number of hydrogen-bond acceptors (Lipinski definition) is 6. The van der Waals surface area contributed by atoms with E-state index < -0.39 is 35.4 Å². The molecule has 3 N–H and O–H groups in total. The van der Waals surface area contributed by atoms with Crippen LogP contribution in [0.25, 0.3) is 21.3 Å². The van der Waals surface area contributed by atoms with E-state index in [0.29, 0.717) is 41.2 Å². The number of nitrogen functional groups attached to an aromatic ring is 1. The van der Waals surface area contributed by atoms with Gasteiger partial charge < -0.3 is 15.8 Å². The number of nitrogens with zero attached hydrogens (tertiary/aromatic N) is 2. The summed E-state index contributed by atoms with van der Waals surface area (Å²) in [6.07, 6.45) is -4.27. The lowest BCUT2D eigenvalue weighted by molar-refractivity contribution is -0.137. The van der Waals surface area contributed by atoms with E-state index >= 15 is 0 Å². The number of hydrogen-bond donors (Lipinski definition) is 2. The molecule has 0 saturated carbocycles. The third-order valence-electron chi connectivity index (χ3n) is 5.50. The molecular formula is C24H25F3N4O3S. The number of carbonyl (C=O) groups is 2. The van der Waals surface area contributed by atoms with E-state index in [1.807, 2.05) is 0 Å². The summed E-state index contributed by atoms with van der Waals surface area (Å²) in [5.74, 6) is -0.576. The van der Waals surface area contributed by atoms with Crippen molar-refractivity contribution < 1.29 is 27.5 Å². The maximum atomic E-state index is 13.5. The number of rotatable bonds is 3. The van der Waals surface area contributed by atoms with Crippen LogP contribution in [0.3, 0.4) is 0 Å². The van der Waals surface area contributed by atoms with Crippen molar-refractivity contribution in [3.63, 3.8) is 0 Å². The molecule has 11 heteroatoms. The van der Waals surface area contributed by atoms with Gasteiger partial charge in [0.25, 0.3) is 0 Å². The molecule has 0 unspecified atom stereocenters. The normalized spacial score (nSPS) is 16.5.